The van der Waals surface area contributed by atoms with E-state index in [2.05, 4.69) is 42.7 Å². The first-order valence-electron chi connectivity index (χ1n) is 11.0. The van der Waals surface area contributed by atoms with Crippen LogP contribution in [-0.2, 0) is 4.79 Å². The third-order valence-electron chi connectivity index (χ3n) is 6.19. The third kappa shape index (κ3) is 5.20. The van der Waals surface area contributed by atoms with Crippen LogP contribution in [0.2, 0.25) is 0 Å². The summed E-state index contributed by atoms with van der Waals surface area (Å²) in [5, 5.41) is 18.9. The molecule has 2 fully saturated rings. The van der Waals surface area contributed by atoms with E-state index in [4.69, 9.17) is 0 Å². The first-order chi connectivity index (χ1) is 14.2. The van der Waals surface area contributed by atoms with E-state index >= 15 is 0 Å². The number of anilines is 1. The Balaban J connectivity index is 1.13. The summed E-state index contributed by atoms with van der Waals surface area (Å²) in [4.78, 5) is 17.3. The molecule has 158 valence electrons. The summed E-state index contributed by atoms with van der Waals surface area (Å²) in [6.45, 7) is 8.43. The van der Waals surface area contributed by atoms with Crippen molar-refractivity contribution < 1.29 is 4.79 Å². The average Bonchev–Trinajstić information content (AvgIpc) is 3.21. The molecule has 1 N–H and O–H groups in total. The second-order valence-electron chi connectivity index (χ2n) is 8.53. The molecule has 9 heteroatoms. The Labute approximate surface area is 171 Å². The molecule has 1 unspecified atom stereocenters. The standard InChI is InChI=1S/C20H32N8O/c1-16-5-4-12-26(15-16)11-3-2-10-21-20(29)17-8-13-27(14-9-17)19-7-6-18-22-24-25-28(18)23-19/h6-7,16-17H,2-5,8-15H2,1H3,(H,21,29). The van der Waals surface area contributed by atoms with E-state index in [1.54, 1.807) is 0 Å². The number of rotatable bonds is 7. The zero-order valence-electron chi connectivity index (χ0n) is 17.3. The Morgan fingerprint density at radius 3 is 2.86 bits per heavy atom. The maximum Gasteiger partial charge on any atom is 0.223 e. The van der Waals surface area contributed by atoms with Crippen molar-refractivity contribution in [2.75, 3.05) is 44.2 Å². The largest absolute Gasteiger partial charge is 0.356 e. The zero-order valence-corrected chi connectivity index (χ0v) is 17.3. The summed E-state index contributed by atoms with van der Waals surface area (Å²) < 4.78 is 1.44. The van der Waals surface area contributed by atoms with Crippen LogP contribution in [0.15, 0.2) is 12.1 Å². The first kappa shape index (κ1) is 20.0. The van der Waals surface area contributed by atoms with E-state index in [1.807, 2.05) is 12.1 Å². The Morgan fingerprint density at radius 2 is 2.03 bits per heavy atom. The molecule has 1 amide bonds. The normalized spacial score (nSPS) is 21.6. The topological polar surface area (TPSA) is 91.5 Å². The van der Waals surface area contributed by atoms with Gasteiger partial charge in [-0.1, -0.05) is 6.92 Å². The first-order valence-corrected chi connectivity index (χ1v) is 11.0. The molecule has 9 nitrogen and oxygen atoms in total. The van der Waals surface area contributed by atoms with Crippen molar-refractivity contribution in [1.29, 1.82) is 0 Å². The van der Waals surface area contributed by atoms with Crippen molar-refractivity contribution in [3.8, 4) is 0 Å². The van der Waals surface area contributed by atoms with E-state index in [0.29, 0.717) is 5.65 Å². The highest BCUT2D eigenvalue weighted by Crippen LogP contribution is 2.22. The van der Waals surface area contributed by atoms with Crippen molar-refractivity contribution in [2.45, 2.75) is 45.4 Å². The van der Waals surface area contributed by atoms with Crippen molar-refractivity contribution in [2.24, 2.45) is 11.8 Å². The van der Waals surface area contributed by atoms with Crippen LogP contribution in [0.3, 0.4) is 0 Å². The van der Waals surface area contributed by atoms with Crippen LogP contribution in [0.25, 0.3) is 5.65 Å². The molecule has 0 aliphatic carbocycles. The number of aromatic nitrogens is 5. The fourth-order valence-electron chi connectivity index (χ4n) is 4.49. The Hall–Kier alpha value is -2.29. The monoisotopic (exact) mass is 400 g/mol. The molecule has 2 aliphatic rings. The van der Waals surface area contributed by atoms with Gasteiger partial charge in [0.25, 0.3) is 0 Å². The maximum absolute atomic E-state index is 12.5. The van der Waals surface area contributed by atoms with Crippen molar-refractivity contribution >= 4 is 17.4 Å². The van der Waals surface area contributed by atoms with Crippen LogP contribution in [0.1, 0.15) is 45.4 Å². The minimum Gasteiger partial charge on any atom is -0.356 e. The van der Waals surface area contributed by atoms with Gasteiger partial charge in [-0.25, -0.2) is 0 Å². The molecule has 0 spiro atoms. The van der Waals surface area contributed by atoms with E-state index in [1.165, 1.54) is 30.6 Å². The minimum absolute atomic E-state index is 0.103. The zero-order chi connectivity index (χ0) is 20.1. The molecule has 0 aromatic carbocycles. The van der Waals surface area contributed by atoms with Crippen LogP contribution in [0, 0.1) is 11.8 Å². The lowest BCUT2D eigenvalue weighted by molar-refractivity contribution is -0.125. The van der Waals surface area contributed by atoms with Gasteiger partial charge < -0.3 is 15.1 Å². The lowest BCUT2D eigenvalue weighted by atomic mass is 9.96. The number of unbranched alkanes of at least 4 members (excludes halogenated alkanes) is 1. The van der Waals surface area contributed by atoms with Gasteiger partial charge in [-0.15, -0.1) is 14.8 Å². The van der Waals surface area contributed by atoms with Crippen molar-refractivity contribution in [3.63, 3.8) is 0 Å². The number of piperidine rings is 2. The number of hydrogen-bond acceptors (Lipinski definition) is 7. The number of hydrogen-bond donors (Lipinski definition) is 1. The molecule has 1 atom stereocenters. The fraction of sp³-hybridized carbons (Fsp3) is 0.750. The predicted octanol–water partition coefficient (Wildman–Crippen LogP) is 1.36. The molecular weight excluding hydrogens is 368 g/mol. The number of carbonyl (C=O) groups excluding carboxylic acids is 1. The van der Waals surface area contributed by atoms with E-state index < -0.39 is 0 Å². The van der Waals surface area contributed by atoms with E-state index in [9.17, 15) is 4.79 Å². The van der Waals surface area contributed by atoms with Gasteiger partial charge in [0.1, 0.15) is 0 Å². The number of nitrogens with zero attached hydrogens (tertiary/aromatic N) is 7. The van der Waals surface area contributed by atoms with Gasteiger partial charge >= 0.3 is 0 Å². The summed E-state index contributed by atoms with van der Waals surface area (Å²) in [6.07, 6.45) is 6.63. The fourth-order valence-corrected chi connectivity index (χ4v) is 4.49. The number of nitrogens with one attached hydrogen (secondary N) is 1. The minimum atomic E-state index is 0.103. The summed E-state index contributed by atoms with van der Waals surface area (Å²) in [5.41, 5.74) is 0.637. The second kappa shape index (κ2) is 9.47. The molecule has 0 radical (unpaired) electrons. The third-order valence-corrected chi connectivity index (χ3v) is 6.19. The molecule has 2 saturated heterocycles. The highest BCUT2D eigenvalue weighted by Gasteiger charge is 2.25. The number of amides is 1. The van der Waals surface area contributed by atoms with Gasteiger partial charge in [-0.3, -0.25) is 4.79 Å². The summed E-state index contributed by atoms with van der Waals surface area (Å²) in [6, 6.07) is 3.81. The van der Waals surface area contributed by atoms with Gasteiger partial charge in [0.05, 0.1) is 0 Å². The SMILES string of the molecule is CC1CCCN(CCCCNC(=O)C2CCN(c3ccc4nnnn4n3)CC2)C1. The quantitative estimate of drug-likeness (QED) is 0.702. The highest BCUT2D eigenvalue weighted by atomic mass is 16.1. The molecule has 29 heavy (non-hydrogen) atoms. The average molecular weight is 401 g/mol. The summed E-state index contributed by atoms with van der Waals surface area (Å²) >= 11 is 0. The maximum atomic E-state index is 12.5. The smallest absolute Gasteiger partial charge is 0.223 e. The van der Waals surface area contributed by atoms with Crippen LogP contribution in [-0.4, -0.2) is 75.3 Å². The highest BCUT2D eigenvalue weighted by molar-refractivity contribution is 5.78. The Bertz CT molecular complexity index is 801. The molecule has 2 aromatic heterocycles. The van der Waals surface area contributed by atoms with Crippen molar-refractivity contribution in [3.05, 3.63) is 12.1 Å². The molecule has 0 saturated carbocycles. The molecular formula is C20H32N8O. The van der Waals surface area contributed by atoms with Crippen LogP contribution >= 0.6 is 0 Å². The van der Waals surface area contributed by atoms with Gasteiger partial charge in [-0.05, 0) is 80.1 Å². The number of carbonyl (C=O) groups is 1. The molecule has 4 rings (SSSR count). The van der Waals surface area contributed by atoms with Crippen LogP contribution < -0.4 is 10.2 Å². The van der Waals surface area contributed by atoms with E-state index in [0.717, 1.165) is 63.6 Å². The number of likely N-dealkylation sites (tertiary alicyclic amines) is 1. The Morgan fingerprint density at radius 1 is 1.17 bits per heavy atom. The summed E-state index contributed by atoms with van der Waals surface area (Å²) in [5.74, 6) is 2.00. The second-order valence-corrected chi connectivity index (χ2v) is 8.53. The van der Waals surface area contributed by atoms with E-state index in [-0.39, 0.29) is 11.8 Å². The van der Waals surface area contributed by atoms with Crippen LogP contribution in [0.4, 0.5) is 5.82 Å². The Kier molecular flexibility index (Phi) is 6.53. The predicted molar refractivity (Wildman–Crippen MR) is 111 cm³/mol. The van der Waals surface area contributed by atoms with Gasteiger partial charge in [0, 0.05) is 32.1 Å². The van der Waals surface area contributed by atoms with Gasteiger partial charge in [0.2, 0.25) is 5.91 Å². The van der Waals surface area contributed by atoms with Crippen LogP contribution in [0.5, 0.6) is 0 Å². The molecule has 2 aliphatic heterocycles. The van der Waals surface area contributed by atoms with Crippen molar-refractivity contribution in [1.82, 2.24) is 35.5 Å². The molecule has 4 heterocycles. The number of tetrazole rings is 1. The number of fused-ring (bicyclic) bond motifs is 1. The van der Waals surface area contributed by atoms with Gasteiger partial charge in [0.15, 0.2) is 11.5 Å². The summed E-state index contributed by atoms with van der Waals surface area (Å²) in [7, 11) is 0. The lowest BCUT2D eigenvalue weighted by Crippen LogP contribution is -2.41. The molecule has 0 bridgehead atoms. The molecule has 2 aromatic rings. The van der Waals surface area contributed by atoms with Gasteiger partial charge in [-0.2, -0.15) is 0 Å². The lowest BCUT2D eigenvalue weighted by Gasteiger charge is -2.32.